The second kappa shape index (κ2) is 4.44. The van der Waals surface area contributed by atoms with E-state index in [2.05, 4.69) is 15.5 Å². The summed E-state index contributed by atoms with van der Waals surface area (Å²) in [5, 5.41) is 11.4. The summed E-state index contributed by atoms with van der Waals surface area (Å²) in [6.45, 7) is 3.60. The average Bonchev–Trinajstić information content (AvgIpc) is 3.04. The highest BCUT2D eigenvalue weighted by atomic mass is 19.4. The molecule has 1 N–H and O–H groups in total. The van der Waals surface area contributed by atoms with Crippen molar-refractivity contribution in [3.63, 3.8) is 0 Å². The molecule has 108 valence electrons. The molecule has 3 heterocycles. The first-order chi connectivity index (χ1) is 9.46. The fourth-order valence-corrected chi connectivity index (χ4v) is 2.81. The Balaban J connectivity index is 2.16. The van der Waals surface area contributed by atoms with Gasteiger partial charge in [0.25, 0.3) is 0 Å². The monoisotopic (exact) mass is 284 g/mol. The van der Waals surface area contributed by atoms with Gasteiger partial charge >= 0.3 is 6.18 Å². The first kappa shape index (κ1) is 13.4. The van der Waals surface area contributed by atoms with Crippen molar-refractivity contribution in [2.24, 2.45) is 0 Å². The summed E-state index contributed by atoms with van der Waals surface area (Å²) >= 11 is 0. The van der Waals surface area contributed by atoms with Gasteiger partial charge in [-0.25, -0.2) is 0 Å². The van der Waals surface area contributed by atoms with E-state index in [1.165, 1.54) is 10.5 Å². The lowest BCUT2D eigenvalue weighted by Crippen LogP contribution is -2.30. The molecule has 0 saturated carbocycles. The Morgan fingerprint density at radius 1 is 1.35 bits per heavy atom. The maximum Gasteiger partial charge on any atom is 0.417 e. The van der Waals surface area contributed by atoms with Gasteiger partial charge in [0, 0.05) is 18.2 Å². The van der Waals surface area contributed by atoms with Crippen LogP contribution in [0.1, 0.15) is 31.2 Å². The average molecular weight is 284 g/mol. The highest BCUT2D eigenvalue weighted by Gasteiger charge is 2.39. The summed E-state index contributed by atoms with van der Waals surface area (Å²) in [5.74, 6) is 0.617. The molecule has 1 fully saturated rings. The highest BCUT2D eigenvalue weighted by Crippen LogP contribution is 2.34. The fourth-order valence-electron chi connectivity index (χ4n) is 2.81. The maximum absolute atomic E-state index is 12.8. The molecule has 0 radical (unpaired) electrons. The van der Waals surface area contributed by atoms with E-state index >= 15 is 0 Å². The molecular weight excluding hydrogens is 269 g/mol. The number of nitrogens with zero attached hydrogens (tertiary/aromatic N) is 3. The van der Waals surface area contributed by atoms with Crippen LogP contribution in [0.5, 0.6) is 0 Å². The van der Waals surface area contributed by atoms with Crippen molar-refractivity contribution in [1.29, 1.82) is 0 Å². The summed E-state index contributed by atoms with van der Waals surface area (Å²) < 4.78 is 40.0. The van der Waals surface area contributed by atoms with Crippen LogP contribution in [-0.4, -0.2) is 27.7 Å². The molecule has 2 aromatic heterocycles. The smallest absolute Gasteiger partial charge is 0.316 e. The molecule has 0 bridgehead atoms. The first-order valence-electron chi connectivity index (χ1n) is 6.59. The lowest BCUT2D eigenvalue weighted by atomic mass is 9.83. The molecule has 20 heavy (non-hydrogen) atoms. The molecule has 3 rings (SSSR count). The summed E-state index contributed by atoms with van der Waals surface area (Å²) in [7, 11) is 0. The van der Waals surface area contributed by atoms with E-state index in [4.69, 9.17) is 0 Å². The maximum atomic E-state index is 12.8. The van der Waals surface area contributed by atoms with Crippen LogP contribution >= 0.6 is 0 Å². The molecule has 0 aromatic carbocycles. The van der Waals surface area contributed by atoms with Gasteiger partial charge in [0.1, 0.15) is 5.82 Å². The van der Waals surface area contributed by atoms with Crippen LogP contribution in [0.3, 0.4) is 0 Å². The Hall–Kier alpha value is -1.63. The second-order valence-corrected chi connectivity index (χ2v) is 5.23. The number of rotatable bonds is 2. The van der Waals surface area contributed by atoms with Crippen LogP contribution in [0.25, 0.3) is 5.65 Å². The molecule has 1 unspecified atom stereocenters. The largest absolute Gasteiger partial charge is 0.417 e. The van der Waals surface area contributed by atoms with Crippen LogP contribution in [0.15, 0.2) is 18.3 Å². The number of halogens is 3. The molecule has 1 aliphatic heterocycles. The van der Waals surface area contributed by atoms with E-state index in [1.807, 2.05) is 6.92 Å². The lowest BCUT2D eigenvalue weighted by molar-refractivity contribution is -0.137. The van der Waals surface area contributed by atoms with Gasteiger partial charge < -0.3 is 5.32 Å². The zero-order valence-corrected chi connectivity index (χ0v) is 11.0. The van der Waals surface area contributed by atoms with Gasteiger partial charge in [0.05, 0.1) is 5.56 Å². The van der Waals surface area contributed by atoms with Gasteiger partial charge in [-0.15, -0.1) is 10.2 Å². The molecule has 0 aliphatic carbocycles. The Morgan fingerprint density at radius 2 is 2.15 bits per heavy atom. The number of hydrogen-bond donors (Lipinski definition) is 1. The van der Waals surface area contributed by atoms with Crippen molar-refractivity contribution in [3.05, 3.63) is 29.7 Å². The van der Waals surface area contributed by atoms with Crippen molar-refractivity contribution in [2.45, 2.75) is 31.4 Å². The Kier molecular flexibility index (Phi) is 2.97. The van der Waals surface area contributed by atoms with Crippen molar-refractivity contribution in [2.75, 3.05) is 13.1 Å². The number of pyridine rings is 1. The molecule has 7 heteroatoms. The van der Waals surface area contributed by atoms with Gasteiger partial charge in [-0.05, 0) is 31.5 Å². The van der Waals surface area contributed by atoms with Crippen LogP contribution in [0.2, 0.25) is 0 Å². The highest BCUT2D eigenvalue weighted by molar-refractivity contribution is 5.41. The normalized spacial score (nSPS) is 23.6. The molecule has 2 aromatic rings. The quantitative estimate of drug-likeness (QED) is 0.920. The number of nitrogens with one attached hydrogen (secondary N) is 1. The van der Waals surface area contributed by atoms with E-state index in [-0.39, 0.29) is 5.41 Å². The number of alkyl halides is 3. The zero-order valence-electron chi connectivity index (χ0n) is 11.0. The SMILES string of the molecule is CCC1(c2nnc3ccc(C(F)(F)F)cn23)CCNC1. The van der Waals surface area contributed by atoms with E-state index in [9.17, 15) is 13.2 Å². The Morgan fingerprint density at radius 3 is 2.75 bits per heavy atom. The van der Waals surface area contributed by atoms with Crippen LogP contribution in [-0.2, 0) is 11.6 Å². The fraction of sp³-hybridized carbons (Fsp3) is 0.538. The predicted octanol–water partition coefficient (Wildman–Crippen LogP) is 2.39. The number of fused-ring (bicyclic) bond motifs is 1. The van der Waals surface area contributed by atoms with Crippen LogP contribution in [0, 0.1) is 0 Å². The third kappa shape index (κ3) is 1.96. The molecule has 4 nitrogen and oxygen atoms in total. The molecule has 1 atom stereocenters. The Labute approximate surface area is 114 Å². The minimum Gasteiger partial charge on any atom is -0.316 e. The van der Waals surface area contributed by atoms with Gasteiger partial charge in [0.15, 0.2) is 5.65 Å². The standard InChI is InChI=1S/C13H15F3N4/c1-2-12(5-6-17-8-12)11-19-18-10-4-3-9(7-20(10)11)13(14,15)16/h3-4,7,17H,2,5-6,8H2,1H3. The first-order valence-corrected chi connectivity index (χ1v) is 6.59. The van der Waals surface area contributed by atoms with Crippen molar-refractivity contribution < 1.29 is 13.2 Å². The molecule has 0 amide bonds. The minimum absolute atomic E-state index is 0.233. The van der Waals surface area contributed by atoms with Crippen molar-refractivity contribution in [3.8, 4) is 0 Å². The molecule has 0 spiro atoms. The van der Waals surface area contributed by atoms with Crippen LogP contribution in [0.4, 0.5) is 13.2 Å². The summed E-state index contributed by atoms with van der Waals surface area (Å²) in [6.07, 6.45) is -1.58. The van der Waals surface area contributed by atoms with E-state index in [0.29, 0.717) is 11.5 Å². The van der Waals surface area contributed by atoms with E-state index in [0.717, 1.165) is 38.2 Å². The summed E-state index contributed by atoms with van der Waals surface area (Å²) in [5.41, 5.74) is -0.458. The molecule has 1 saturated heterocycles. The summed E-state index contributed by atoms with van der Waals surface area (Å²) in [6, 6.07) is 2.41. The van der Waals surface area contributed by atoms with Gasteiger partial charge in [-0.3, -0.25) is 4.40 Å². The number of aromatic nitrogens is 3. The van der Waals surface area contributed by atoms with Crippen LogP contribution < -0.4 is 5.32 Å². The van der Waals surface area contributed by atoms with Crippen molar-refractivity contribution in [1.82, 2.24) is 19.9 Å². The van der Waals surface area contributed by atoms with Gasteiger partial charge in [-0.1, -0.05) is 6.92 Å². The van der Waals surface area contributed by atoms with Gasteiger partial charge in [-0.2, -0.15) is 13.2 Å². The van der Waals surface area contributed by atoms with E-state index in [1.54, 1.807) is 0 Å². The molecular formula is C13H15F3N4. The lowest BCUT2D eigenvalue weighted by Gasteiger charge is -2.24. The topological polar surface area (TPSA) is 42.2 Å². The third-order valence-electron chi connectivity index (χ3n) is 4.12. The predicted molar refractivity (Wildman–Crippen MR) is 67.4 cm³/mol. The Bertz CT molecular complexity index is 626. The zero-order chi connectivity index (χ0) is 14.4. The van der Waals surface area contributed by atoms with Gasteiger partial charge in [0.2, 0.25) is 0 Å². The summed E-state index contributed by atoms with van der Waals surface area (Å²) in [4.78, 5) is 0. The minimum atomic E-state index is -4.36. The number of hydrogen-bond acceptors (Lipinski definition) is 3. The van der Waals surface area contributed by atoms with Crippen molar-refractivity contribution >= 4 is 5.65 Å². The third-order valence-corrected chi connectivity index (χ3v) is 4.12. The van der Waals surface area contributed by atoms with E-state index < -0.39 is 11.7 Å². The second-order valence-electron chi connectivity index (χ2n) is 5.23. The molecule has 1 aliphatic rings.